The van der Waals surface area contributed by atoms with Gasteiger partial charge in [0.15, 0.2) is 0 Å². The van der Waals surface area contributed by atoms with Gasteiger partial charge >= 0.3 is 5.97 Å². The fourth-order valence-corrected chi connectivity index (χ4v) is 3.37. The molecule has 0 radical (unpaired) electrons. The Labute approximate surface area is 121 Å². The highest BCUT2D eigenvalue weighted by Crippen LogP contribution is 2.26. The Morgan fingerprint density at radius 1 is 1.45 bits per heavy atom. The zero-order chi connectivity index (χ0) is 14.1. The van der Waals surface area contributed by atoms with Crippen molar-refractivity contribution in [2.75, 3.05) is 5.32 Å². The lowest BCUT2D eigenvalue weighted by molar-refractivity contribution is 0.0697. The van der Waals surface area contributed by atoms with Crippen LogP contribution in [0.5, 0.6) is 0 Å². The summed E-state index contributed by atoms with van der Waals surface area (Å²) in [6.07, 6.45) is 2.95. The molecule has 2 aromatic heterocycles. The van der Waals surface area contributed by atoms with Gasteiger partial charge in [-0.15, -0.1) is 0 Å². The number of aromatic nitrogens is 1. The second-order valence-corrected chi connectivity index (χ2v) is 5.83. The third-order valence-electron chi connectivity index (χ3n) is 3.69. The maximum absolute atomic E-state index is 11.4. The maximum Gasteiger partial charge on any atom is 0.339 e. The highest BCUT2D eigenvalue weighted by atomic mass is 32.1. The number of aryl methyl sites for hydroxylation is 3. The number of fused-ring (bicyclic) bond motifs is 1. The highest BCUT2D eigenvalue weighted by molar-refractivity contribution is 7.08. The summed E-state index contributed by atoms with van der Waals surface area (Å²) in [5, 5.41) is 16.7. The van der Waals surface area contributed by atoms with Crippen LogP contribution in [0.15, 0.2) is 16.8 Å². The number of nitrogens with one attached hydrogen (secondary N) is 1. The molecule has 20 heavy (non-hydrogen) atoms. The van der Waals surface area contributed by atoms with Crippen LogP contribution in [-0.2, 0) is 19.4 Å². The molecule has 0 spiro atoms. The van der Waals surface area contributed by atoms with Crippen molar-refractivity contribution in [3.8, 4) is 0 Å². The molecule has 0 bridgehead atoms. The Balaban J connectivity index is 1.88. The van der Waals surface area contributed by atoms with Gasteiger partial charge in [-0.3, -0.25) is 0 Å². The van der Waals surface area contributed by atoms with Crippen LogP contribution in [0.1, 0.15) is 39.2 Å². The standard InChI is InChI=1S/C15H16N2O2S/c1-9-7-20-8-11(9)6-16-14-12(15(18)19)5-10-3-2-4-13(10)17-14/h5,7-8H,2-4,6H2,1H3,(H,16,17)(H,18,19). The fourth-order valence-electron chi connectivity index (χ4n) is 2.52. The molecule has 0 saturated carbocycles. The molecule has 104 valence electrons. The van der Waals surface area contributed by atoms with E-state index >= 15 is 0 Å². The zero-order valence-corrected chi connectivity index (χ0v) is 12.1. The molecular weight excluding hydrogens is 272 g/mol. The number of aromatic carboxylic acids is 1. The number of pyridine rings is 1. The first-order valence-electron chi connectivity index (χ1n) is 6.67. The molecule has 0 fully saturated rings. The maximum atomic E-state index is 11.4. The number of thiophene rings is 1. The van der Waals surface area contributed by atoms with Crippen molar-refractivity contribution in [3.63, 3.8) is 0 Å². The largest absolute Gasteiger partial charge is 0.478 e. The van der Waals surface area contributed by atoms with E-state index in [2.05, 4.69) is 28.0 Å². The van der Waals surface area contributed by atoms with Gasteiger partial charge in [0.05, 0.1) is 0 Å². The molecule has 0 aliphatic heterocycles. The minimum atomic E-state index is -0.920. The topological polar surface area (TPSA) is 62.2 Å². The fraction of sp³-hybridized carbons (Fsp3) is 0.333. The lowest BCUT2D eigenvalue weighted by Crippen LogP contribution is -2.10. The van der Waals surface area contributed by atoms with E-state index in [1.807, 2.05) is 0 Å². The van der Waals surface area contributed by atoms with Crippen LogP contribution in [0, 0.1) is 6.92 Å². The van der Waals surface area contributed by atoms with E-state index < -0.39 is 5.97 Å². The van der Waals surface area contributed by atoms with Crippen molar-refractivity contribution in [3.05, 3.63) is 44.8 Å². The molecule has 2 aromatic rings. The van der Waals surface area contributed by atoms with Crippen LogP contribution >= 0.6 is 11.3 Å². The molecule has 0 atom stereocenters. The quantitative estimate of drug-likeness (QED) is 0.906. The van der Waals surface area contributed by atoms with Crippen LogP contribution in [0.2, 0.25) is 0 Å². The van der Waals surface area contributed by atoms with Crippen LogP contribution in [0.25, 0.3) is 0 Å². The predicted octanol–water partition coefficient (Wildman–Crippen LogP) is 3.25. The molecule has 1 aliphatic carbocycles. The number of anilines is 1. The summed E-state index contributed by atoms with van der Waals surface area (Å²) in [5.74, 6) is -0.430. The summed E-state index contributed by atoms with van der Waals surface area (Å²) < 4.78 is 0. The molecule has 5 heteroatoms. The van der Waals surface area contributed by atoms with Gasteiger partial charge in [-0.25, -0.2) is 9.78 Å². The van der Waals surface area contributed by atoms with Crippen molar-refractivity contribution < 1.29 is 9.90 Å². The monoisotopic (exact) mass is 288 g/mol. The molecule has 4 nitrogen and oxygen atoms in total. The second kappa shape index (κ2) is 5.25. The molecule has 2 N–H and O–H groups in total. The lowest BCUT2D eigenvalue weighted by atomic mass is 10.1. The normalized spacial score (nSPS) is 13.2. The summed E-state index contributed by atoms with van der Waals surface area (Å²) >= 11 is 1.66. The van der Waals surface area contributed by atoms with E-state index in [1.165, 1.54) is 11.1 Å². The summed E-state index contributed by atoms with van der Waals surface area (Å²) in [6, 6.07) is 1.78. The molecule has 0 aromatic carbocycles. The number of rotatable bonds is 4. The lowest BCUT2D eigenvalue weighted by Gasteiger charge is -2.11. The number of carboxylic acids is 1. The average Bonchev–Trinajstić information content (AvgIpc) is 3.03. The van der Waals surface area contributed by atoms with Gasteiger partial charge in [-0.2, -0.15) is 11.3 Å². The van der Waals surface area contributed by atoms with Gasteiger partial charge in [-0.05, 0) is 59.7 Å². The number of hydrogen-bond acceptors (Lipinski definition) is 4. The first kappa shape index (κ1) is 13.1. The predicted molar refractivity (Wildman–Crippen MR) is 79.6 cm³/mol. The van der Waals surface area contributed by atoms with E-state index in [0.29, 0.717) is 12.4 Å². The SMILES string of the molecule is Cc1cscc1CNc1nc2c(cc1C(=O)O)CCC2. The molecular formula is C15H16N2O2S. The van der Waals surface area contributed by atoms with Crippen molar-refractivity contribution in [2.24, 2.45) is 0 Å². The second-order valence-electron chi connectivity index (χ2n) is 5.08. The van der Waals surface area contributed by atoms with Gasteiger partial charge in [-0.1, -0.05) is 0 Å². The van der Waals surface area contributed by atoms with Crippen LogP contribution in [0.4, 0.5) is 5.82 Å². The van der Waals surface area contributed by atoms with Gasteiger partial charge in [0.1, 0.15) is 11.4 Å². The van der Waals surface area contributed by atoms with Crippen LogP contribution < -0.4 is 5.32 Å². The third kappa shape index (κ3) is 2.41. The molecule has 3 rings (SSSR count). The smallest absolute Gasteiger partial charge is 0.339 e. The molecule has 2 heterocycles. The van der Waals surface area contributed by atoms with E-state index in [1.54, 1.807) is 17.4 Å². The summed E-state index contributed by atoms with van der Waals surface area (Å²) in [6.45, 7) is 2.67. The van der Waals surface area contributed by atoms with Gasteiger partial charge in [0, 0.05) is 12.2 Å². The van der Waals surface area contributed by atoms with Gasteiger partial charge < -0.3 is 10.4 Å². The van der Waals surface area contributed by atoms with E-state index in [-0.39, 0.29) is 5.56 Å². The first-order chi connectivity index (χ1) is 9.65. The molecule has 1 aliphatic rings. The highest BCUT2D eigenvalue weighted by Gasteiger charge is 2.19. The van der Waals surface area contributed by atoms with Gasteiger partial charge in [0.25, 0.3) is 0 Å². The zero-order valence-electron chi connectivity index (χ0n) is 11.3. The van der Waals surface area contributed by atoms with Crippen molar-refractivity contribution in [2.45, 2.75) is 32.7 Å². The number of hydrogen-bond donors (Lipinski definition) is 2. The average molecular weight is 288 g/mol. The van der Waals surface area contributed by atoms with Crippen molar-refractivity contribution in [1.82, 2.24) is 4.98 Å². The number of carbonyl (C=O) groups is 1. The Bertz CT molecular complexity index is 664. The van der Waals surface area contributed by atoms with E-state index in [0.717, 1.165) is 30.5 Å². The Hall–Kier alpha value is -1.88. The van der Waals surface area contributed by atoms with Crippen LogP contribution in [0.3, 0.4) is 0 Å². The number of nitrogens with zero attached hydrogens (tertiary/aromatic N) is 1. The van der Waals surface area contributed by atoms with E-state index in [4.69, 9.17) is 0 Å². The minimum Gasteiger partial charge on any atom is -0.478 e. The minimum absolute atomic E-state index is 0.276. The Morgan fingerprint density at radius 3 is 3.00 bits per heavy atom. The summed E-state index contributed by atoms with van der Waals surface area (Å²) in [7, 11) is 0. The third-order valence-corrected chi connectivity index (χ3v) is 4.60. The molecule has 0 saturated heterocycles. The van der Waals surface area contributed by atoms with Crippen LogP contribution in [-0.4, -0.2) is 16.1 Å². The van der Waals surface area contributed by atoms with E-state index in [9.17, 15) is 9.90 Å². The Morgan fingerprint density at radius 2 is 2.30 bits per heavy atom. The Kier molecular flexibility index (Phi) is 3.44. The number of carboxylic acid groups (broad SMARTS) is 1. The van der Waals surface area contributed by atoms with Crippen molar-refractivity contribution >= 4 is 23.1 Å². The summed E-state index contributed by atoms with van der Waals surface area (Å²) in [4.78, 5) is 15.9. The first-order valence-corrected chi connectivity index (χ1v) is 7.61. The van der Waals surface area contributed by atoms with Crippen molar-refractivity contribution in [1.29, 1.82) is 0 Å². The summed E-state index contributed by atoms with van der Waals surface area (Å²) in [5.41, 5.74) is 4.81. The molecule has 0 unspecified atom stereocenters. The van der Waals surface area contributed by atoms with Gasteiger partial charge in [0.2, 0.25) is 0 Å². The molecule has 0 amide bonds.